The van der Waals surface area contributed by atoms with E-state index in [4.69, 9.17) is 16.3 Å². The number of carbonyl (C=O) groups is 1. The summed E-state index contributed by atoms with van der Waals surface area (Å²) in [6.45, 7) is 8.55. The second kappa shape index (κ2) is 6.66. The molecule has 0 aliphatic heterocycles. The van der Waals surface area contributed by atoms with Crippen LogP contribution >= 0.6 is 11.6 Å². The maximum absolute atomic E-state index is 11.4. The monoisotopic (exact) mass is 284 g/mol. The molecular weight excluding hydrogens is 264 g/mol. The van der Waals surface area contributed by atoms with E-state index in [0.29, 0.717) is 13.1 Å². The molecule has 19 heavy (non-hydrogen) atoms. The molecule has 0 aliphatic rings. The summed E-state index contributed by atoms with van der Waals surface area (Å²) in [6, 6.07) is 5.69. The van der Waals surface area contributed by atoms with Crippen molar-refractivity contribution < 1.29 is 9.53 Å². The van der Waals surface area contributed by atoms with Gasteiger partial charge in [0.15, 0.2) is 0 Å². The van der Waals surface area contributed by atoms with Crippen molar-refractivity contribution in [2.75, 3.05) is 18.4 Å². The quantitative estimate of drug-likeness (QED) is 0.831. The topological polar surface area (TPSA) is 50.4 Å². The molecule has 0 atom stereocenters. The number of ether oxygens (including phenoxy) is 1. The maximum Gasteiger partial charge on any atom is 0.407 e. The zero-order valence-electron chi connectivity index (χ0n) is 11.8. The van der Waals surface area contributed by atoms with Crippen molar-refractivity contribution in [3.63, 3.8) is 0 Å². The van der Waals surface area contributed by atoms with Crippen molar-refractivity contribution in [2.24, 2.45) is 0 Å². The van der Waals surface area contributed by atoms with Crippen LogP contribution in [0.25, 0.3) is 0 Å². The Morgan fingerprint density at radius 3 is 2.63 bits per heavy atom. The highest BCUT2D eigenvalue weighted by Gasteiger charge is 2.15. The van der Waals surface area contributed by atoms with E-state index in [1.807, 2.05) is 45.9 Å². The van der Waals surface area contributed by atoms with Gasteiger partial charge in [0, 0.05) is 23.8 Å². The van der Waals surface area contributed by atoms with Gasteiger partial charge in [0.25, 0.3) is 0 Å². The lowest BCUT2D eigenvalue weighted by atomic mass is 10.2. The highest BCUT2D eigenvalue weighted by Crippen LogP contribution is 2.22. The average molecular weight is 285 g/mol. The van der Waals surface area contributed by atoms with Crippen LogP contribution in [0.5, 0.6) is 0 Å². The lowest BCUT2D eigenvalue weighted by Gasteiger charge is -2.19. The molecule has 1 rings (SSSR count). The lowest BCUT2D eigenvalue weighted by molar-refractivity contribution is 0.0530. The van der Waals surface area contributed by atoms with E-state index in [1.165, 1.54) is 0 Å². The van der Waals surface area contributed by atoms with Crippen molar-refractivity contribution in [1.29, 1.82) is 0 Å². The van der Waals surface area contributed by atoms with Gasteiger partial charge in [0.2, 0.25) is 0 Å². The van der Waals surface area contributed by atoms with E-state index in [9.17, 15) is 4.79 Å². The van der Waals surface area contributed by atoms with Gasteiger partial charge in [0.1, 0.15) is 5.60 Å². The smallest absolute Gasteiger partial charge is 0.407 e. The van der Waals surface area contributed by atoms with Crippen LogP contribution in [-0.4, -0.2) is 24.8 Å². The molecule has 0 bridgehead atoms. The number of halogens is 1. The number of rotatable bonds is 4. The molecule has 0 spiro atoms. The number of nitrogens with one attached hydrogen (secondary N) is 2. The van der Waals surface area contributed by atoms with Gasteiger partial charge in [-0.3, -0.25) is 0 Å². The molecule has 106 valence electrons. The van der Waals surface area contributed by atoms with E-state index < -0.39 is 11.7 Å². The SMILES string of the molecule is Cc1c(Cl)cccc1NCCNC(=O)OC(C)(C)C. The summed E-state index contributed by atoms with van der Waals surface area (Å²) in [5.74, 6) is 0. The van der Waals surface area contributed by atoms with Crippen molar-refractivity contribution >= 4 is 23.4 Å². The third kappa shape index (κ3) is 5.83. The summed E-state index contributed by atoms with van der Waals surface area (Å²) >= 11 is 6.02. The molecule has 4 nitrogen and oxygen atoms in total. The van der Waals surface area contributed by atoms with Crippen molar-refractivity contribution in [1.82, 2.24) is 5.32 Å². The van der Waals surface area contributed by atoms with Gasteiger partial charge in [0.05, 0.1) is 0 Å². The van der Waals surface area contributed by atoms with Crippen LogP contribution in [0.1, 0.15) is 26.3 Å². The van der Waals surface area contributed by atoms with Crippen LogP contribution in [0.15, 0.2) is 18.2 Å². The normalized spacial score (nSPS) is 11.0. The fraction of sp³-hybridized carbons (Fsp3) is 0.500. The van der Waals surface area contributed by atoms with E-state index in [2.05, 4.69) is 10.6 Å². The predicted octanol–water partition coefficient (Wildman–Crippen LogP) is 3.59. The first-order valence-electron chi connectivity index (χ1n) is 6.25. The van der Waals surface area contributed by atoms with Gasteiger partial charge in [-0.05, 0) is 45.4 Å². The van der Waals surface area contributed by atoms with Gasteiger partial charge in [-0.1, -0.05) is 17.7 Å². The van der Waals surface area contributed by atoms with Crippen molar-refractivity contribution in [3.8, 4) is 0 Å². The van der Waals surface area contributed by atoms with Gasteiger partial charge in [-0.2, -0.15) is 0 Å². The summed E-state index contributed by atoms with van der Waals surface area (Å²) in [4.78, 5) is 11.4. The van der Waals surface area contributed by atoms with Crippen molar-refractivity contribution in [3.05, 3.63) is 28.8 Å². The molecule has 1 amide bonds. The van der Waals surface area contributed by atoms with Crippen molar-refractivity contribution in [2.45, 2.75) is 33.3 Å². The highest BCUT2D eigenvalue weighted by atomic mass is 35.5. The first kappa shape index (κ1) is 15.6. The molecule has 0 saturated heterocycles. The summed E-state index contributed by atoms with van der Waals surface area (Å²) in [6.07, 6.45) is -0.405. The third-order valence-corrected chi connectivity index (χ3v) is 2.79. The van der Waals surface area contributed by atoms with Gasteiger partial charge in [-0.25, -0.2) is 4.79 Å². The minimum atomic E-state index is -0.471. The van der Waals surface area contributed by atoms with E-state index in [0.717, 1.165) is 16.3 Å². The molecule has 0 radical (unpaired) electrons. The fourth-order valence-electron chi connectivity index (χ4n) is 1.47. The van der Waals surface area contributed by atoms with Gasteiger partial charge in [-0.15, -0.1) is 0 Å². The standard InChI is InChI=1S/C14H21ClN2O2/c1-10-11(15)6-5-7-12(10)16-8-9-17-13(18)19-14(2,3)4/h5-7,16H,8-9H2,1-4H3,(H,17,18). The van der Waals surface area contributed by atoms with E-state index in [1.54, 1.807) is 0 Å². The molecule has 0 aromatic heterocycles. The number of hydrogen-bond acceptors (Lipinski definition) is 3. The molecule has 1 aromatic carbocycles. The number of benzene rings is 1. The molecule has 0 aliphatic carbocycles. The summed E-state index contributed by atoms with van der Waals surface area (Å²) in [5, 5.41) is 6.63. The van der Waals surface area contributed by atoms with Gasteiger partial charge < -0.3 is 15.4 Å². The Morgan fingerprint density at radius 1 is 1.32 bits per heavy atom. The van der Waals surface area contributed by atoms with Crippen LogP contribution in [0.2, 0.25) is 5.02 Å². The number of alkyl carbamates (subject to hydrolysis) is 1. The Labute approximate surface area is 119 Å². The third-order valence-electron chi connectivity index (χ3n) is 2.38. The molecule has 5 heteroatoms. The lowest BCUT2D eigenvalue weighted by Crippen LogP contribution is -2.35. The highest BCUT2D eigenvalue weighted by molar-refractivity contribution is 6.31. The second-order valence-corrected chi connectivity index (χ2v) is 5.68. The van der Waals surface area contributed by atoms with E-state index >= 15 is 0 Å². The van der Waals surface area contributed by atoms with Crippen LogP contribution < -0.4 is 10.6 Å². The van der Waals surface area contributed by atoms with Crippen LogP contribution in [0.4, 0.5) is 10.5 Å². The zero-order valence-corrected chi connectivity index (χ0v) is 12.6. The minimum absolute atomic E-state index is 0.405. The summed E-state index contributed by atoms with van der Waals surface area (Å²) in [7, 11) is 0. The summed E-state index contributed by atoms with van der Waals surface area (Å²) in [5.41, 5.74) is 1.50. The largest absolute Gasteiger partial charge is 0.444 e. The molecule has 1 aromatic rings. The Hall–Kier alpha value is -1.42. The summed E-state index contributed by atoms with van der Waals surface area (Å²) < 4.78 is 5.13. The van der Waals surface area contributed by atoms with Crippen LogP contribution in [0, 0.1) is 6.92 Å². The van der Waals surface area contributed by atoms with Gasteiger partial charge >= 0.3 is 6.09 Å². The molecule has 2 N–H and O–H groups in total. The average Bonchev–Trinajstić information content (AvgIpc) is 2.27. The second-order valence-electron chi connectivity index (χ2n) is 5.27. The minimum Gasteiger partial charge on any atom is -0.444 e. The molecule has 0 fully saturated rings. The molecule has 0 unspecified atom stereocenters. The fourth-order valence-corrected chi connectivity index (χ4v) is 1.65. The molecule has 0 heterocycles. The Kier molecular flexibility index (Phi) is 5.48. The first-order valence-corrected chi connectivity index (χ1v) is 6.63. The number of carbonyl (C=O) groups excluding carboxylic acids is 1. The molecular formula is C14H21ClN2O2. The number of amides is 1. The number of hydrogen-bond donors (Lipinski definition) is 2. The van der Waals surface area contributed by atoms with E-state index in [-0.39, 0.29) is 0 Å². The Morgan fingerprint density at radius 2 is 2.00 bits per heavy atom. The zero-order chi connectivity index (χ0) is 14.5. The Balaban J connectivity index is 2.32. The maximum atomic E-state index is 11.4. The predicted molar refractivity (Wildman–Crippen MR) is 78.9 cm³/mol. The van der Waals surface area contributed by atoms with Crippen LogP contribution in [0.3, 0.4) is 0 Å². The van der Waals surface area contributed by atoms with Crippen LogP contribution in [-0.2, 0) is 4.74 Å². The number of anilines is 1. The first-order chi connectivity index (χ1) is 8.79. The molecule has 0 saturated carbocycles. The Bertz CT molecular complexity index is 442.